The minimum absolute atomic E-state index is 0.659. The quantitative estimate of drug-likeness (QED) is 0.434. The number of nitrogens with one attached hydrogen (secondary N) is 1. The Morgan fingerprint density at radius 3 is 2.48 bits per heavy atom. The van der Waals surface area contributed by atoms with E-state index >= 15 is 0 Å². The first-order valence-corrected chi connectivity index (χ1v) is 10.0. The van der Waals surface area contributed by atoms with Gasteiger partial charge in [-0.15, -0.1) is 11.3 Å². The molecule has 0 aliphatic heterocycles. The zero-order chi connectivity index (χ0) is 19.6. The Hall–Kier alpha value is -3.64. The molecule has 6 heteroatoms. The number of pyridine rings is 1. The second-order valence-electron chi connectivity index (χ2n) is 6.52. The number of thiazole rings is 1. The molecule has 0 saturated heterocycles. The van der Waals surface area contributed by atoms with E-state index in [1.807, 2.05) is 49.6 Å². The normalized spacial score (nSPS) is 10.9. The van der Waals surface area contributed by atoms with Crippen LogP contribution in [0.25, 0.3) is 43.3 Å². The van der Waals surface area contributed by atoms with Crippen molar-refractivity contribution in [3.8, 4) is 32.4 Å². The highest BCUT2D eigenvalue weighted by atomic mass is 32.1. The van der Waals surface area contributed by atoms with Crippen LogP contribution in [0.5, 0.6) is 0 Å². The van der Waals surface area contributed by atoms with E-state index < -0.39 is 0 Å². The Balaban J connectivity index is 1.58. The van der Waals surface area contributed by atoms with Gasteiger partial charge in [0, 0.05) is 42.2 Å². The van der Waals surface area contributed by atoms with Crippen LogP contribution in [0.1, 0.15) is 0 Å². The van der Waals surface area contributed by atoms with Gasteiger partial charge in [0.15, 0.2) is 5.82 Å². The van der Waals surface area contributed by atoms with E-state index in [-0.39, 0.29) is 0 Å². The molecule has 5 rings (SSSR count). The summed E-state index contributed by atoms with van der Waals surface area (Å²) in [5.41, 5.74) is 4.01. The summed E-state index contributed by atoms with van der Waals surface area (Å²) in [5.74, 6) is 1.45. The first-order chi connectivity index (χ1) is 14.3. The highest BCUT2D eigenvalue weighted by molar-refractivity contribution is 7.18. The van der Waals surface area contributed by atoms with Crippen LogP contribution in [-0.2, 0) is 0 Å². The van der Waals surface area contributed by atoms with Gasteiger partial charge in [-0.2, -0.15) is 0 Å². The molecule has 0 saturated carbocycles. The van der Waals surface area contributed by atoms with Crippen molar-refractivity contribution in [2.24, 2.45) is 0 Å². The lowest BCUT2D eigenvalue weighted by Crippen LogP contribution is -1.99. The molecule has 29 heavy (non-hydrogen) atoms. The van der Waals surface area contributed by atoms with E-state index in [0.717, 1.165) is 43.3 Å². The fourth-order valence-electron chi connectivity index (χ4n) is 3.22. The maximum absolute atomic E-state index is 4.74. The Morgan fingerprint density at radius 1 is 0.828 bits per heavy atom. The summed E-state index contributed by atoms with van der Waals surface area (Å²) < 4.78 is 0. The van der Waals surface area contributed by atoms with Crippen LogP contribution in [0.15, 0.2) is 79.3 Å². The van der Waals surface area contributed by atoms with Crippen molar-refractivity contribution in [2.45, 2.75) is 0 Å². The third-order valence-corrected chi connectivity index (χ3v) is 5.76. The lowest BCUT2D eigenvalue weighted by Gasteiger charge is -2.09. The molecule has 1 N–H and O–H groups in total. The van der Waals surface area contributed by atoms with Crippen LogP contribution in [0, 0.1) is 0 Å². The van der Waals surface area contributed by atoms with Crippen molar-refractivity contribution < 1.29 is 0 Å². The average molecular weight is 395 g/mol. The maximum Gasteiger partial charge on any atom is 0.163 e. The predicted molar refractivity (Wildman–Crippen MR) is 119 cm³/mol. The first kappa shape index (κ1) is 17.5. The monoisotopic (exact) mass is 395 g/mol. The van der Waals surface area contributed by atoms with Gasteiger partial charge >= 0.3 is 0 Å². The fraction of sp³-hybridized carbons (Fsp3) is 0.0435. The number of rotatable bonds is 4. The predicted octanol–water partition coefficient (Wildman–Crippen LogP) is 5.52. The molecule has 0 fully saturated rings. The van der Waals surface area contributed by atoms with Gasteiger partial charge in [-0.25, -0.2) is 15.0 Å². The zero-order valence-electron chi connectivity index (χ0n) is 15.7. The molecule has 5 aromatic rings. The number of anilines is 1. The highest BCUT2D eigenvalue weighted by Crippen LogP contribution is 2.34. The van der Waals surface area contributed by atoms with Gasteiger partial charge in [0.2, 0.25) is 0 Å². The lowest BCUT2D eigenvalue weighted by atomic mass is 10.1. The van der Waals surface area contributed by atoms with Crippen molar-refractivity contribution in [3.05, 3.63) is 79.3 Å². The number of hydrogen-bond acceptors (Lipinski definition) is 6. The van der Waals surface area contributed by atoms with E-state index in [9.17, 15) is 0 Å². The molecule has 0 radical (unpaired) electrons. The Morgan fingerprint density at radius 2 is 1.69 bits per heavy atom. The average Bonchev–Trinajstić information content (AvgIpc) is 3.29. The minimum atomic E-state index is 0.659. The molecular formula is C23H17N5S. The van der Waals surface area contributed by atoms with Crippen LogP contribution < -0.4 is 5.32 Å². The summed E-state index contributed by atoms with van der Waals surface area (Å²) in [7, 11) is 1.88. The van der Waals surface area contributed by atoms with Gasteiger partial charge in [0.25, 0.3) is 0 Å². The van der Waals surface area contributed by atoms with Crippen LogP contribution in [-0.4, -0.2) is 27.0 Å². The minimum Gasteiger partial charge on any atom is -0.373 e. The number of fused-ring (bicyclic) bond motifs is 1. The van der Waals surface area contributed by atoms with Gasteiger partial charge in [0.1, 0.15) is 10.8 Å². The SMILES string of the molecule is CNc1nc(-c2cccnc2)nc2ccc(-c3cnc(-c4ccccc4)s3)cc12. The second kappa shape index (κ2) is 7.41. The smallest absolute Gasteiger partial charge is 0.163 e. The van der Waals surface area contributed by atoms with Gasteiger partial charge in [-0.3, -0.25) is 4.98 Å². The first-order valence-electron chi connectivity index (χ1n) is 9.23. The fourth-order valence-corrected chi connectivity index (χ4v) is 4.14. The van der Waals surface area contributed by atoms with Gasteiger partial charge < -0.3 is 5.32 Å². The van der Waals surface area contributed by atoms with Gasteiger partial charge in [-0.1, -0.05) is 36.4 Å². The van der Waals surface area contributed by atoms with E-state index in [1.54, 1.807) is 23.7 Å². The highest BCUT2D eigenvalue weighted by Gasteiger charge is 2.12. The van der Waals surface area contributed by atoms with Crippen LogP contribution in [0.3, 0.4) is 0 Å². The zero-order valence-corrected chi connectivity index (χ0v) is 16.5. The molecule has 3 aromatic heterocycles. The largest absolute Gasteiger partial charge is 0.373 e. The summed E-state index contributed by atoms with van der Waals surface area (Å²) in [6.07, 6.45) is 5.45. The molecule has 0 amide bonds. The second-order valence-corrected chi connectivity index (χ2v) is 7.55. The summed E-state index contributed by atoms with van der Waals surface area (Å²) in [5, 5.41) is 5.20. The lowest BCUT2D eigenvalue weighted by molar-refractivity contribution is 1.20. The Labute approximate surface area is 172 Å². The summed E-state index contributed by atoms with van der Waals surface area (Å²) in [4.78, 5) is 19.3. The molecule has 3 heterocycles. The third kappa shape index (κ3) is 3.34. The Kier molecular flexibility index (Phi) is 4.46. The van der Waals surface area contributed by atoms with Crippen LogP contribution in [0.4, 0.5) is 5.82 Å². The summed E-state index contributed by atoms with van der Waals surface area (Å²) >= 11 is 1.68. The molecule has 0 bridgehead atoms. The molecule has 5 nitrogen and oxygen atoms in total. The van der Waals surface area contributed by atoms with E-state index in [1.165, 1.54) is 0 Å². The molecular weight excluding hydrogens is 378 g/mol. The van der Waals surface area contributed by atoms with Crippen molar-refractivity contribution >= 4 is 28.1 Å². The van der Waals surface area contributed by atoms with Crippen molar-refractivity contribution in [2.75, 3.05) is 12.4 Å². The van der Waals surface area contributed by atoms with E-state index in [4.69, 9.17) is 9.97 Å². The van der Waals surface area contributed by atoms with Crippen molar-refractivity contribution in [3.63, 3.8) is 0 Å². The molecule has 2 aromatic carbocycles. The molecule has 140 valence electrons. The molecule has 0 unspecified atom stereocenters. The Bertz CT molecular complexity index is 1280. The molecule has 0 aliphatic rings. The van der Waals surface area contributed by atoms with Crippen LogP contribution in [0.2, 0.25) is 0 Å². The van der Waals surface area contributed by atoms with Gasteiger partial charge in [0.05, 0.1) is 10.4 Å². The summed E-state index contributed by atoms with van der Waals surface area (Å²) in [6, 6.07) is 20.3. The third-order valence-electron chi connectivity index (χ3n) is 4.66. The van der Waals surface area contributed by atoms with Crippen molar-refractivity contribution in [1.29, 1.82) is 0 Å². The number of benzene rings is 2. The molecule has 0 aliphatic carbocycles. The molecule has 0 spiro atoms. The van der Waals surface area contributed by atoms with E-state index in [0.29, 0.717) is 5.82 Å². The van der Waals surface area contributed by atoms with Gasteiger partial charge in [-0.05, 0) is 29.8 Å². The van der Waals surface area contributed by atoms with Crippen LogP contribution >= 0.6 is 11.3 Å². The number of nitrogens with zero attached hydrogens (tertiary/aromatic N) is 4. The number of aromatic nitrogens is 4. The molecule has 0 atom stereocenters. The topological polar surface area (TPSA) is 63.6 Å². The summed E-state index contributed by atoms with van der Waals surface area (Å²) in [6.45, 7) is 0. The standard InChI is InChI=1S/C23H17N5S/c1-24-22-18-12-16(20-14-26-23(29-20)15-6-3-2-4-7-15)9-10-19(18)27-21(28-22)17-8-5-11-25-13-17/h2-14H,1H3,(H,24,27,28). The number of hydrogen-bond donors (Lipinski definition) is 1. The van der Waals surface area contributed by atoms with Crippen molar-refractivity contribution in [1.82, 2.24) is 19.9 Å². The van der Waals surface area contributed by atoms with E-state index in [2.05, 4.69) is 39.6 Å². The maximum atomic E-state index is 4.74.